The first-order valence-corrected chi connectivity index (χ1v) is 11.3. The SMILES string of the molecule is CCCOc1ccc(/C(O)=C2/C(=O)C(=O)N(Cc3ccc(F)cc3)C2c2ccc(F)cc2)cc1C. The molecule has 1 fully saturated rings. The second-order valence-electron chi connectivity index (χ2n) is 8.43. The molecule has 1 amide bonds. The van der Waals surface area contributed by atoms with Crippen LogP contribution in [0, 0.1) is 18.6 Å². The van der Waals surface area contributed by atoms with Crippen LogP contribution in [0.25, 0.3) is 5.76 Å². The maximum Gasteiger partial charge on any atom is 0.295 e. The summed E-state index contributed by atoms with van der Waals surface area (Å²) in [7, 11) is 0. The highest BCUT2D eigenvalue weighted by atomic mass is 19.1. The van der Waals surface area contributed by atoms with E-state index in [0.717, 1.165) is 12.0 Å². The number of aliphatic hydroxyl groups is 1. The van der Waals surface area contributed by atoms with Gasteiger partial charge in [-0.3, -0.25) is 9.59 Å². The Balaban J connectivity index is 1.80. The molecular weight excluding hydrogens is 452 g/mol. The van der Waals surface area contributed by atoms with Gasteiger partial charge in [0, 0.05) is 12.1 Å². The minimum atomic E-state index is -0.947. The van der Waals surface area contributed by atoms with E-state index in [1.54, 1.807) is 18.2 Å². The van der Waals surface area contributed by atoms with Crippen molar-refractivity contribution in [2.45, 2.75) is 32.9 Å². The second kappa shape index (κ2) is 10.1. The van der Waals surface area contributed by atoms with Crippen LogP contribution in [0.15, 0.2) is 72.3 Å². The van der Waals surface area contributed by atoms with Crippen LogP contribution in [0.3, 0.4) is 0 Å². The summed E-state index contributed by atoms with van der Waals surface area (Å²) < 4.78 is 32.7. The summed E-state index contributed by atoms with van der Waals surface area (Å²) in [4.78, 5) is 27.5. The zero-order valence-electron chi connectivity index (χ0n) is 19.4. The molecule has 1 unspecified atom stereocenters. The molecule has 1 aliphatic rings. The molecule has 0 bridgehead atoms. The van der Waals surface area contributed by atoms with Crippen molar-refractivity contribution in [2.24, 2.45) is 0 Å². The van der Waals surface area contributed by atoms with Crippen molar-refractivity contribution in [3.05, 3.63) is 106 Å². The summed E-state index contributed by atoms with van der Waals surface area (Å²) in [5.74, 6) is -2.21. The van der Waals surface area contributed by atoms with Gasteiger partial charge < -0.3 is 14.7 Å². The van der Waals surface area contributed by atoms with Crippen molar-refractivity contribution in [2.75, 3.05) is 6.61 Å². The Labute approximate surface area is 202 Å². The van der Waals surface area contributed by atoms with Gasteiger partial charge in [-0.15, -0.1) is 0 Å². The molecule has 1 atom stereocenters. The number of Topliss-reactive ketones (excluding diaryl/α,β-unsaturated/α-hetero) is 1. The maximum absolute atomic E-state index is 13.6. The number of carbonyl (C=O) groups is 2. The normalized spacial score (nSPS) is 17.1. The lowest BCUT2D eigenvalue weighted by atomic mass is 9.94. The summed E-state index contributed by atoms with van der Waals surface area (Å²) in [5.41, 5.74) is 2.10. The summed E-state index contributed by atoms with van der Waals surface area (Å²) in [5, 5.41) is 11.2. The number of ketones is 1. The quantitative estimate of drug-likeness (QED) is 0.270. The number of halogens is 2. The monoisotopic (exact) mass is 477 g/mol. The third kappa shape index (κ3) is 4.94. The molecular formula is C28H25F2NO4. The largest absolute Gasteiger partial charge is 0.507 e. The van der Waals surface area contributed by atoms with Crippen LogP contribution in [-0.4, -0.2) is 28.3 Å². The van der Waals surface area contributed by atoms with E-state index in [4.69, 9.17) is 4.74 Å². The van der Waals surface area contributed by atoms with Crippen molar-refractivity contribution in [3.8, 4) is 5.75 Å². The molecule has 180 valence electrons. The highest BCUT2D eigenvalue weighted by Crippen LogP contribution is 2.40. The maximum atomic E-state index is 13.6. The van der Waals surface area contributed by atoms with Gasteiger partial charge in [0.25, 0.3) is 11.7 Å². The predicted molar refractivity (Wildman–Crippen MR) is 128 cm³/mol. The van der Waals surface area contributed by atoms with Gasteiger partial charge in [0.05, 0.1) is 18.2 Å². The lowest BCUT2D eigenvalue weighted by Crippen LogP contribution is -2.29. The molecule has 1 heterocycles. The highest BCUT2D eigenvalue weighted by molar-refractivity contribution is 6.46. The molecule has 1 aliphatic heterocycles. The van der Waals surface area contributed by atoms with Gasteiger partial charge in [-0.1, -0.05) is 31.2 Å². The van der Waals surface area contributed by atoms with Crippen LogP contribution in [0.4, 0.5) is 8.78 Å². The first kappa shape index (κ1) is 24.1. The molecule has 3 aromatic carbocycles. The van der Waals surface area contributed by atoms with Crippen LogP contribution < -0.4 is 4.74 Å². The molecule has 4 rings (SSSR count). The first-order valence-electron chi connectivity index (χ1n) is 11.3. The number of nitrogens with zero attached hydrogens (tertiary/aromatic N) is 1. The first-order chi connectivity index (χ1) is 16.8. The number of carbonyl (C=O) groups excluding carboxylic acids is 2. The molecule has 7 heteroatoms. The van der Waals surface area contributed by atoms with E-state index >= 15 is 0 Å². The van der Waals surface area contributed by atoms with Crippen LogP contribution in [0.2, 0.25) is 0 Å². The molecule has 1 N–H and O–H groups in total. The third-order valence-corrected chi connectivity index (χ3v) is 5.90. The average Bonchev–Trinajstić information content (AvgIpc) is 3.09. The molecule has 0 radical (unpaired) electrons. The fourth-order valence-electron chi connectivity index (χ4n) is 4.15. The van der Waals surface area contributed by atoms with E-state index in [-0.39, 0.29) is 17.9 Å². The lowest BCUT2D eigenvalue weighted by Gasteiger charge is -2.25. The zero-order valence-corrected chi connectivity index (χ0v) is 19.4. The van der Waals surface area contributed by atoms with E-state index in [0.29, 0.717) is 29.0 Å². The smallest absolute Gasteiger partial charge is 0.295 e. The number of rotatable bonds is 7. The van der Waals surface area contributed by atoms with E-state index in [2.05, 4.69) is 0 Å². The van der Waals surface area contributed by atoms with Crippen LogP contribution >= 0.6 is 0 Å². The van der Waals surface area contributed by atoms with Gasteiger partial charge in [0.1, 0.15) is 23.1 Å². The standard InChI is InChI=1S/C28H25F2NO4/c1-3-14-35-23-13-8-20(15-17(23)2)26(32)24-25(19-6-11-22(30)12-7-19)31(28(34)27(24)33)16-18-4-9-21(29)10-5-18/h4-13,15,25,32H,3,14,16H2,1-2H3/b26-24-. The van der Waals surface area contributed by atoms with Gasteiger partial charge in [0.2, 0.25) is 0 Å². The van der Waals surface area contributed by atoms with E-state index in [1.165, 1.54) is 53.4 Å². The van der Waals surface area contributed by atoms with E-state index in [1.807, 2.05) is 13.8 Å². The Morgan fingerprint density at radius 1 is 0.971 bits per heavy atom. The van der Waals surface area contributed by atoms with Crippen molar-refractivity contribution in [3.63, 3.8) is 0 Å². The summed E-state index contributed by atoms with van der Waals surface area (Å²) in [6.07, 6.45) is 0.844. The van der Waals surface area contributed by atoms with Gasteiger partial charge in [-0.25, -0.2) is 8.78 Å². The summed E-state index contributed by atoms with van der Waals surface area (Å²) in [6, 6.07) is 15.1. The lowest BCUT2D eigenvalue weighted by molar-refractivity contribution is -0.140. The fraction of sp³-hybridized carbons (Fsp3) is 0.214. The number of hydrogen-bond acceptors (Lipinski definition) is 4. The molecule has 5 nitrogen and oxygen atoms in total. The highest BCUT2D eigenvalue weighted by Gasteiger charge is 2.46. The molecule has 3 aromatic rings. The number of likely N-dealkylation sites (tertiary alicyclic amines) is 1. The van der Waals surface area contributed by atoms with Crippen LogP contribution in [-0.2, 0) is 16.1 Å². The summed E-state index contributed by atoms with van der Waals surface area (Å²) >= 11 is 0. The van der Waals surface area contributed by atoms with Crippen molar-refractivity contribution >= 4 is 17.4 Å². The third-order valence-electron chi connectivity index (χ3n) is 5.90. The fourth-order valence-corrected chi connectivity index (χ4v) is 4.15. The summed E-state index contributed by atoms with van der Waals surface area (Å²) in [6.45, 7) is 4.38. The number of ether oxygens (including phenoxy) is 1. The number of aliphatic hydroxyl groups excluding tert-OH is 1. The number of hydrogen-bond donors (Lipinski definition) is 1. The molecule has 1 saturated heterocycles. The number of benzene rings is 3. The molecule has 0 saturated carbocycles. The van der Waals surface area contributed by atoms with Crippen molar-refractivity contribution in [1.82, 2.24) is 4.90 Å². The Kier molecular flexibility index (Phi) is 6.96. The molecule has 35 heavy (non-hydrogen) atoms. The molecule has 0 aromatic heterocycles. The van der Waals surface area contributed by atoms with Gasteiger partial charge in [-0.05, 0) is 72.5 Å². The van der Waals surface area contributed by atoms with Gasteiger partial charge in [-0.2, -0.15) is 0 Å². The average molecular weight is 478 g/mol. The minimum absolute atomic E-state index is 0.00645. The number of amides is 1. The Hall–Kier alpha value is -4.00. The van der Waals surface area contributed by atoms with Crippen LogP contribution in [0.1, 0.15) is 41.6 Å². The molecule has 0 spiro atoms. The Morgan fingerprint density at radius 3 is 2.20 bits per heavy atom. The van der Waals surface area contributed by atoms with Crippen molar-refractivity contribution in [1.29, 1.82) is 0 Å². The minimum Gasteiger partial charge on any atom is -0.507 e. The van der Waals surface area contributed by atoms with E-state index < -0.39 is 29.4 Å². The van der Waals surface area contributed by atoms with Crippen LogP contribution in [0.5, 0.6) is 5.75 Å². The topological polar surface area (TPSA) is 66.8 Å². The number of aryl methyl sites for hydroxylation is 1. The van der Waals surface area contributed by atoms with Gasteiger partial charge in [0.15, 0.2) is 0 Å². The van der Waals surface area contributed by atoms with E-state index in [9.17, 15) is 23.5 Å². The Bertz CT molecular complexity index is 1280. The zero-order chi connectivity index (χ0) is 25.1. The molecule has 0 aliphatic carbocycles. The van der Waals surface area contributed by atoms with Crippen molar-refractivity contribution < 1.29 is 28.2 Å². The predicted octanol–water partition coefficient (Wildman–Crippen LogP) is 5.68. The Morgan fingerprint density at radius 2 is 1.60 bits per heavy atom. The van der Waals surface area contributed by atoms with Gasteiger partial charge >= 0.3 is 0 Å². The second-order valence-corrected chi connectivity index (χ2v) is 8.43.